The Kier molecular flexibility index (Phi) is 6.21. The molecule has 2 N–H and O–H groups in total. The van der Waals surface area contributed by atoms with Crippen LogP contribution in [0.1, 0.15) is 32.3 Å². The van der Waals surface area contributed by atoms with E-state index in [2.05, 4.69) is 28.5 Å². The highest BCUT2D eigenvalue weighted by Crippen LogP contribution is 2.26. The zero-order valence-corrected chi connectivity index (χ0v) is 15.2. The number of hydrogen-bond donors (Lipinski definition) is 2. The minimum Gasteiger partial charge on any atom is -0.376 e. The third-order valence-corrected chi connectivity index (χ3v) is 4.73. The topological polar surface area (TPSA) is 53.5 Å². The molecule has 1 atom stereocenters. The van der Waals surface area contributed by atoms with E-state index < -0.39 is 0 Å². The molecule has 0 saturated carbocycles. The van der Waals surface area contributed by atoms with E-state index in [9.17, 15) is 4.79 Å². The number of anilines is 1. The first-order valence-electron chi connectivity index (χ1n) is 8.05. The van der Waals surface area contributed by atoms with Crippen molar-refractivity contribution < 1.29 is 4.79 Å². The molecule has 0 fully saturated rings. The van der Waals surface area contributed by atoms with Crippen molar-refractivity contribution in [2.24, 2.45) is 11.0 Å². The average Bonchev–Trinajstić information content (AvgIpc) is 2.55. The van der Waals surface area contributed by atoms with Gasteiger partial charge in [0, 0.05) is 10.7 Å². The SMILES string of the molecule is C=C(C)[C@H]1CC=C(C)/C(=N/NC(=O)CNc2cccc(Cl)c2C)C1. The van der Waals surface area contributed by atoms with Crippen molar-refractivity contribution in [3.63, 3.8) is 0 Å². The molecule has 24 heavy (non-hydrogen) atoms. The molecule has 0 aromatic heterocycles. The molecule has 0 spiro atoms. The Labute approximate surface area is 148 Å². The van der Waals surface area contributed by atoms with Gasteiger partial charge in [-0.05, 0) is 62.8 Å². The van der Waals surface area contributed by atoms with E-state index in [0.717, 1.165) is 41.0 Å². The number of nitrogens with zero attached hydrogens (tertiary/aromatic N) is 1. The number of hydrogen-bond acceptors (Lipinski definition) is 3. The lowest BCUT2D eigenvalue weighted by molar-refractivity contribution is -0.119. The van der Waals surface area contributed by atoms with Crippen molar-refractivity contribution in [2.75, 3.05) is 11.9 Å². The highest BCUT2D eigenvalue weighted by atomic mass is 35.5. The third-order valence-electron chi connectivity index (χ3n) is 4.32. The first kappa shape index (κ1) is 18.3. The zero-order valence-electron chi connectivity index (χ0n) is 14.4. The lowest BCUT2D eigenvalue weighted by Crippen LogP contribution is -2.28. The fraction of sp³-hybridized carbons (Fsp3) is 0.368. The maximum Gasteiger partial charge on any atom is 0.259 e. The second-order valence-electron chi connectivity index (χ2n) is 6.23. The molecule has 4 nitrogen and oxygen atoms in total. The standard InChI is InChI=1S/C19H24ClN3O/c1-12(2)15-9-8-13(3)18(10-15)22-23-19(24)11-21-17-7-5-6-16(20)14(17)4/h5-8,15,21H,1,9-11H2,2-4H3,(H,23,24)/b22-18+/t15-/m0/s1. The Morgan fingerprint density at radius 2 is 2.17 bits per heavy atom. The lowest BCUT2D eigenvalue weighted by Gasteiger charge is -2.22. The summed E-state index contributed by atoms with van der Waals surface area (Å²) in [6, 6.07) is 5.57. The van der Waals surface area contributed by atoms with Gasteiger partial charge in [-0.2, -0.15) is 5.10 Å². The van der Waals surface area contributed by atoms with E-state index in [1.54, 1.807) is 0 Å². The van der Waals surface area contributed by atoms with Crippen LogP contribution in [-0.2, 0) is 4.79 Å². The van der Waals surface area contributed by atoms with Gasteiger partial charge in [0.25, 0.3) is 5.91 Å². The van der Waals surface area contributed by atoms with E-state index in [4.69, 9.17) is 11.6 Å². The van der Waals surface area contributed by atoms with Gasteiger partial charge >= 0.3 is 0 Å². The van der Waals surface area contributed by atoms with Crippen molar-refractivity contribution in [3.05, 3.63) is 52.6 Å². The highest BCUT2D eigenvalue weighted by molar-refractivity contribution is 6.31. The van der Waals surface area contributed by atoms with Crippen molar-refractivity contribution in [3.8, 4) is 0 Å². The minimum atomic E-state index is -0.188. The van der Waals surface area contributed by atoms with Gasteiger partial charge in [-0.25, -0.2) is 5.43 Å². The zero-order chi connectivity index (χ0) is 17.7. The first-order chi connectivity index (χ1) is 11.4. The smallest absolute Gasteiger partial charge is 0.259 e. The van der Waals surface area contributed by atoms with Gasteiger partial charge in [-0.1, -0.05) is 35.9 Å². The molecule has 128 valence electrons. The van der Waals surface area contributed by atoms with E-state index in [0.29, 0.717) is 10.9 Å². The second-order valence-corrected chi connectivity index (χ2v) is 6.64. The Bertz CT molecular complexity index is 707. The summed E-state index contributed by atoms with van der Waals surface area (Å²) in [5, 5.41) is 8.05. The predicted molar refractivity (Wildman–Crippen MR) is 102 cm³/mol. The normalized spacial score (nSPS) is 18.9. The van der Waals surface area contributed by atoms with Crippen LogP contribution in [0.25, 0.3) is 0 Å². The van der Waals surface area contributed by atoms with Gasteiger partial charge in [0.15, 0.2) is 0 Å². The van der Waals surface area contributed by atoms with Crippen LogP contribution in [0.15, 0.2) is 47.1 Å². The van der Waals surface area contributed by atoms with Gasteiger partial charge in [0.1, 0.15) is 0 Å². The molecule has 5 heteroatoms. The fourth-order valence-electron chi connectivity index (χ4n) is 2.57. The molecule has 1 aliphatic rings. The van der Waals surface area contributed by atoms with Crippen LogP contribution in [0, 0.1) is 12.8 Å². The monoisotopic (exact) mass is 345 g/mol. The number of allylic oxidation sites excluding steroid dienone is 3. The molecule has 0 aliphatic heterocycles. The second kappa shape index (κ2) is 8.15. The molecule has 0 heterocycles. The number of hydrazone groups is 1. The molecule has 1 aromatic rings. The van der Waals surface area contributed by atoms with Crippen LogP contribution in [0.5, 0.6) is 0 Å². The fourth-order valence-corrected chi connectivity index (χ4v) is 2.74. The van der Waals surface area contributed by atoms with Gasteiger partial charge < -0.3 is 5.32 Å². The van der Waals surface area contributed by atoms with E-state index in [1.165, 1.54) is 0 Å². The van der Waals surface area contributed by atoms with E-state index >= 15 is 0 Å². The summed E-state index contributed by atoms with van der Waals surface area (Å²) in [4.78, 5) is 12.0. The molecule has 0 bridgehead atoms. The van der Waals surface area contributed by atoms with Crippen LogP contribution in [-0.4, -0.2) is 18.2 Å². The van der Waals surface area contributed by atoms with Crippen molar-refractivity contribution in [2.45, 2.75) is 33.6 Å². The molecular weight excluding hydrogens is 322 g/mol. The summed E-state index contributed by atoms with van der Waals surface area (Å²) >= 11 is 6.07. The maximum atomic E-state index is 12.0. The highest BCUT2D eigenvalue weighted by Gasteiger charge is 2.18. The van der Waals surface area contributed by atoms with Crippen LogP contribution < -0.4 is 10.7 Å². The quantitative estimate of drug-likeness (QED) is 0.611. The van der Waals surface area contributed by atoms with Crippen LogP contribution in [0.2, 0.25) is 5.02 Å². The van der Waals surface area contributed by atoms with Crippen molar-refractivity contribution >= 4 is 28.9 Å². The number of amides is 1. The van der Waals surface area contributed by atoms with Gasteiger partial charge in [-0.15, -0.1) is 0 Å². The molecule has 0 radical (unpaired) electrons. The number of carbonyl (C=O) groups is 1. The van der Waals surface area contributed by atoms with Crippen LogP contribution in [0.3, 0.4) is 0 Å². The van der Waals surface area contributed by atoms with Gasteiger partial charge in [0.05, 0.1) is 12.3 Å². The molecule has 0 unspecified atom stereocenters. The number of nitrogens with one attached hydrogen (secondary N) is 2. The Balaban J connectivity index is 1.92. The summed E-state index contributed by atoms with van der Waals surface area (Å²) in [6.07, 6.45) is 3.96. The van der Waals surface area contributed by atoms with Gasteiger partial charge in [-0.3, -0.25) is 4.79 Å². The number of benzene rings is 1. The number of rotatable bonds is 5. The van der Waals surface area contributed by atoms with Crippen LogP contribution >= 0.6 is 11.6 Å². The van der Waals surface area contributed by atoms with Crippen molar-refractivity contribution in [1.82, 2.24) is 5.43 Å². The molecule has 1 amide bonds. The first-order valence-corrected chi connectivity index (χ1v) is 8.43. The molecular formula is C19H24ClN3O. The Morgan fingerprint density at radius 1 is 1.42 bits per heavy atom. The summed E-state index contributed by atoms with van der Waals surface area (Å²) < 4.78 is 0. The molecule has 0 saturated heterocycles. The maximum absolute atomic E-state index is 12.0. The summed E-state index contributed by atoms with van der Waals surface area (Å²) in [5.41, 5.74) is 7.59. The number of carbonyl (C=O) groups excluding carboxylic acids is 1. The van der Waals surface area contributed by atoms with Crippen LogP contribution in [0.4, 0.5) is 5.69 Å². The van der Waals surface area contributed by atoms with Gasteiger partial charge in [0.2, 0.25) is 0 Å². The molecule has 1 aromatic carbocycles. The lowest BCUT2D eigenvalue weighted by atomic mass is 9.85. The summed E-state index contributed by atoms with van der Waals surface area (Å²) in [6.45, 7) is 10.1. The average molecular weight is 346 g/mol. The van der Waals surface area contributed by atoms with E-state index in [1.807, 2.05) is 39.0 Å². The summed E-state index contributed by atoms with van der Waals surface area (Å²) in [7, 11) is 0. The summed E-state index contributed by atoms with van der Waals surface area (Å²) in [5.74, 6) is 0.212. The Hall–Kier alpha value is -2.07. The molecule has 2 rings (SSSR count). The largest absolute Gasteiger partial charge is 0.376 e. The number of halogens is 1. The third kappa shape index (κ3) is 4.71. The predicted octanol–water partition coefficient (Wildman–Crippen LogP) is 4.46. The van der Waals surface area contributed by atoms with E-state index in [-0.39, 0.29) is 12.5 Å². The molecule has 1 aliphatic carbocycles. The Morgan fingerprint density at radius 3 is 2.88 bits per heavy atom. The minimum absolute atomic E-state index is 0.143. The van der Waals surface area contributed by atoms with Crippen molar-refractivity contribution in [1.29, 1.82) is 0 Å².